The monoisotopic (exact) mass is 479 g/mol. The van der Waals surface area contributed by atoms with Crippen LogP contribution in [0.3, 0.4) is 0 Å². The average molecular weight is 480 g/mol. The molecule has 2 aromatic carbocycles. The van der Waals surface area contributed by atoms with Gasteiger partial charge < -0.3 is 29.4 Å². The Labute approximate surface area is 204 Å². The van der Waals surface area contributed by atoms with E-state index in [1.165, 1.54) is 20.3 Å². The molecule has 1 aliphatic carbocycles. The average Bonchev–Trinajstić information content (AvgIpc) is 2.86. The van der Waals surface area contributed by atoms with E-state index in [1.807, 2.05) is 18.2 Å². The summed E-state index contributed by atoms with van der Waals surface area (Å²) >= 11 is 0. The number of esters is 1. The van der Waals surface area contributed by atoms with Gasteiger partial charge in [-0.15, -0.1) is 0 Å². The van der Waals surface area contributed by atoms with Gasteiger partial charge in [0.25, 0.3) is 0 Å². The number of aromatic hydroxyl groups is 1. The molecule has 0 saturated heterocycles. The third kappa shape index (κ3) is 4.32. The minimum Gasteiger partial charge on any atom is -0.504 e. The van der Waals surface area contributed by atoms with Crippen molar-refractivity contribution in [1.29, 1.82) is 0 Å². The lowest BCUT2D eigenvalue weighted by atomic mass is 9.71. The van der Waals surface area contributed by atoms with Gasteiger partial charge in [-0.1, -0.05) is 12.1 Å². The van der Waals surface area contributed by atoms with Gasteiger partial charge in [0.05, 0.1) is 34.0 Å². The minimum absolute atomic E-state index is 0.0704. The molecule has 2 atom stereocenters. The highest BCUT2D eigenvalue weighted by atomic mass is 16.5. The number of ether oxygens (including phenoxy) is 4. The number of allylic oxidation sites excluding steroid dienone is 3. The Morgan fingerprint density at radius 3 is 2.20 bits per heavy atom. The number of ketones is 1. The van der Waals surface area contributed by atoms with Crippen LogP contribution < -0.4 is 19.5 Å². The molecule has 0 unspecified atom stereocenters. The first-order chi connectivity index (χ1) is 16.8. The number of phenolic OH excluding ortho intramolecular Hbond substituents is 1. The number of carbonyl (C=O) groups is 2. The Bertz CT molecular complexity index is 1240. The fourth-order valence-electron chi connectivity index (χ4n) is 4.98. The highest BCUT2D eigenvalue weighted by Crippen LogP contribution is 2.47. The summed E-state index contributed by atoms with van der Waals surface area (Å²) in [5.41, 5.74) is 3.78. The van der Waals surface area contributed by atoms with Crippen molar-refractivity contribution in [3.8, 4) is 23.0 Å². The van der Waals surface area contributed by atoms with Crippen LogP contribution in [-0.4, -0.2) is 45.3 Å². The molecular weight excluding hydrogens is 450 g/mol. The number of carbonyl (C=O) groups excluding carboxylic acids is 2. The summed E-state index contributed by atoms with van der Waals surface area (Å²) in [5.74, 6) is 0.101. The molecule has 0 fully saturated rings. The number of nitrogens with one attached hydrogen (secondary N) is 1. The summed E-state index contributed by atoms with van der Waals surface area (Å²) in [6.45, 7) is 1.79. The number of Topliss-reactive ketones (excluding diaryl/α,β-unsaturated/α-hetero) is 1. The van der Waals surface area contributed by atoms with E-state index >= 15 is 0 Å². The van der Waals surface area contributed by atoms with E-state index in [2.05, 4.69) is 5.32 Å². The van der Waals surface area contributed by atoms with Crippen molar-refractivity contribution in [3.05, 3.63) is 70.1 Å². The van der Waals surface area contributed by atoms with Crippen LogP contribution >= 0.6 is 0 Å². The Morgan fingerprint density at radius 1 is 0.914 bits per heavy atom. The number of hydrogen-bond donors (Lipinski definition) is 2. The molecule has 8 nitrogen and oxygen atoms in total. The minimum atomic E-state index is -0.672. The Kier molecular flexibility index (Phi) is 6.73. The molecular formula is C27H29NO7. The van der Waals surface area contributed by atoms with Crippen LogP contribution in [0.25, 0.3) is 0 Å². The van der Waals surface area contributed by atoms with Gasteiger partial charge in [0.15, 0.2) is 28.8 Å². The van der Waals surface area contributed by atoms with E-state index in [4.69, 9.17) is 18.9 Å². The number of methoxy groups -OCH3 is 4. The largest absolute Gasteiger partial charge is 0.504 e. The van der Waals surface area contributed by atoms with E-state index in [0.29, 0.717) is 46.1 Å². The molecule has 8 heteroatoms. The van der Waals surface area contributed by atoms with E-state index in [1.54, 1.807) is 33.3 Å². The van der Waals surface area contributed by atoms with Crippen molar-refractivity contribution in [1.82, 2.24) is 5.32 Å². The molecule has 184 valence electrons. The molecule has 2 aliphatic rings. The maximum atomic E-state index is 13.6. The van der Waals surface area contributed by atoms with Gasteiger partial charge in [0, 0.05) is 29.3 Å². The third-order valence-corrected chi connectivity index (χ3v) is 6.65. The summed E-state index contributed by atoms with van der Waals surface area (Å²) in [6.07, 6.45) is 0.836. The van der Waals surface area contributed by atoms with Crippen LogP contribution in [0.1, 0.15) is 42.7 Å². The summed E-state index contributed by atoms with van der Waals surface area (Å²) in [5, 5.41) is 13.7. The van der Waals surface area contributed by atoms with Crippen molar-refractivity contribution in [2.24, 2.45) is 0 Å². The molecule has 0 saturated carbocycles. The third-order valence-electron chi connectivity index (χ3n) is 6.65. The second kappa shape index (κ2) is 9.74. The molecule has 0 bridgehead atoms. The molecule has 0 amide bonds. The van der Waals surface area contributed by atoms with Gasteiger partial charge in [-0.25, -0.2) is 4.79 Å². The van der Waals surface area contributed by atoms with Gasteiger partial charge in [-0.3, -0.25) is 4.79 Å². The molecule has 1 aliphatic heterocycles. The van der Waals surface area contributed by atoms with Crippen molar-refractivity contribution in [3.63, 3.8) is 0 Å². The highest BCUT2D eigenvalue weighted by Gasteiger charge is 2.41. The zero-order chi connectivity index (χ0) is 25.3. The fraction of sp³-hybridized carbons (Fsp3) is 0.333. The van der Waals surface area contributed by atoms with Crippen LogP contribution in [0.5, 0.6) is 23.0 Å². The predicted molar refractivity (Wildman–Crippen MR) is 129 cm³/mol. The number of hydrogen-bond acceptors (Lipinski definition) is 8. The topological polar surface area (TPSA) is 103 Å². The lowest BCUT2D eigenvalue weighted by Crippen LogP contribution is -2.36. The number of benzene rings is 2. The first-order valence-electron chi connectivity index (χ1n) is 11.2. The van der Waals surface area contributed by atoms with Gasteiger partial charge in [-0.05, 0) is 54.7 Å². The van der Waals surface area contributed by atoms with Crippen LogP contribution in [0.4, 0.5) is 0 Å². The smallest absolute Gasteiger partial charge is 0.336 e. The van der Waals surface area contributed by atoms with Crippen molar-refractivity contribution >= 4 is 11.8 Å². The summed E-state index contributed by atoms with van der Waals surface area (Å²) in [4.78, 5) is 26.4. The highest BCUT2D eigenvalue weighted by molar-refractivity contribution is 6.04. The quantitative estimate of drug-likeness (QED) is 0.601. The lowest BCUT2D eigenvalue weighted by Gasteiger charge is -2.36. The predicted octanol–water partition coefficient (Wildman–Crippen LogP) is 3.95. The molecule has 2 N–H and O–H groups in total. The van der Waals surface area contributed by atoms with Crippen LogP contribution in [-0.2, 0) is 14.3 Å². The summed E-state index contributed by atoms with van der Waals surface area (Å²) in [7, 11) is 5.93. The normalized spacial score (nSPS) is 19.6. The Balaban J connectivity index is 1.79. The standard InChI is InChI=1S/C27H29NO7/c1-14-24(27(31)35-5)25(16-7-8-21(32-2)19(29)11-16)26-18(28-14)10-17(12-20(26)30)15-6-9-22(33-3)23(13-15)34-4/h6-9,11,13,17,25,28-29H,10,12H2,1-5H3/t17-,25-/m1/s1. The zero-order valence-electron chi connectivity index (χ0n) is 20.4. The van der Waals surface area contributed by atoms with Gasteiger partial charge in [0.2, 0.25) is 0 Å². The second-order valence-electron chi connectivity index (χ2n) is 8.55. The first-order valence-corrected chi connectivity index (χ1v) is 11.2. The maximum absolute atomic E-state index is 13.6. The maximum Gasteiger partial charge on any atom is 0.336 e. The fourth-order valence-corrected chi connectivity index (χ4v) is 4.98. The van der Waals surface area contributed by atoms with Crippen LogP contribution in [0.2, 0.25) is 0 Å². The van der Waals surface area contributed by atoms with Crippen molar-refractivity contribution in [2.75, 3.05) is 28.4 Å². The van der Waals surface area contributed by atoms with Gasteiger partial charge >= 0.3 is 5.97 Å². The van der Waals surface area contributed by atoms with Crippen molar-refractivity contribution in [2.45, 2.75) is 31.6 Å². The lowest BCUT2D eigenvalue weighted by molar-refractivity contribution is -0.136. The molecule has 0 spiro atoms. The van der Waals surface area contributed by atoms with E-state index in [9.17, 15) is 14.7 Å². The zero-order valence-corrected chi connectivity index (χ0v) is 20.4. The van der Waals surface area contributed by atoms with E-state index in [-0.39, 0.29) is 23.9 Å². The molecule has 2 aromatic rings. The number of dihydropyridines is 1. The van der Waals surface area contributed by atoms with Crippen LogP contribution in [0.15, 0.2) is 58.9 Å². The second-order valence-corrected chi connectivity index (χ2v) is 8.55. The summed E-state index contributed by atoms with van der Waals surface area (Å²) < 4.78 is 21.0. The molecule has 4 rings (SSSR count). The van der Waals surface area contributed by atoms with Crippen LogP contribution in [0, 0.1) is 0 Å². The molecule has 0 radical (unpaired) electrons. The molecule has 35 heavy (non-hydrogen) atoms. The Hall–Kier alpha value is -3.94. The number of rotatable bonds is 6. The number of phenols is 1. The van der Waals surface area contributed by atoms with E-state index < -0.39 is 11.9 Å². The summed E-state index contributed by atoms with van der Waals surface area (Å²) in [6, 6.07) is 10.6. The van der Waals surface area contributed by atoms with Gasteiger partial charge in [-0.2, -0.15) is 0 Å². The van der Waals surface area contributed by atoms with Gasteiger partial charge in [0.1, 0.15) is 0 Å². The van der Waals surface area contributed by atoms with Crippen molar-refractivity contribution < 1.29 is 33.6 Å². The molecule has 1 heterocycles. The van der Waals surface area contributed by atoms with E-state index in [0.717, 1.165) is 11.3 Å². The SMILES string of the molecule is COC(=O)C1=C(C)NC2=C(C(=O)C[C@H](c3ccc(OC)c(OC)c3)C2)[C@@H]1c1ccc(OC)c(O)c1. The first kappa shape index (κ1) is 24.2. The molecule has 0 aromatic heterocycles. The Morgan fingerprint density at radius 2 is 1.57 bits per heavy atom.